The minimum Gasteiger partial charge on any atom is -0.497 e. The standard InChI is InChI=1S/C21H22N4O2/c1-15-10-16(2)25(24-15)14-18-7-4-8-19(11-18)21(26)23-22-13-17-6-5-9-20(12-17)27-3/h4-13H,14H2,1-3H3,(H,23,26)/b22-13-. The van der Waals surface area contributed by atoms with Gasteiger partial charge in [0.05, 0.1) is 25.6 Å². The number of hydrogen-bond donors (Lipinski definition) is 1. The maximum atomic E-state index is 12.4. The van der Waals surface area contributed by atoms with Crippen LogP contribution in [0.1, 0.15) is 32.9 Å². The molecule has 2 aromatic carbocycles. The number of aryl methyl sites for hydroxylation is 2. The van der Waals surface area contributed by atoms with Crippen molar-refractivity contribution in [1.82, 2.24) is 15.2 Å². The number of aromatic nitrogens is 2. The van der Waals surface area contributed by atoms with Gasteiger partial charge < -0.3 is 4.74 Å². The van der Waals surface area contributed by atoms with Crippen molar-refractivity contribution < 1.29 is 9.53 Å². The molecule has 0 unspecified atom stereocenters. The van der Waals surface area contributed by atoms with E-state index in [0.29, 0.717) is 12.1 Å². The Morgan fingerprint density at radius 3 is 2.74 bits per heavy atom. The van der Waals surface area contributed by atoms with Crippen molar-refractivity contribution >= 4 is 12.1 Å². The van der Waals surface area contributed by atoms with Crippen molar-refractivity contribution in [2.75, 3.05) is 7.11 Å². The van der Waals surface area contributed by atoms with Gasteiger partial charge in [-0.1, -0.05) is 24.3 Å². The highest BCUT2D eigenvalue weighted by atomic mass is 16.5. The fourth-order valence-corrected chi connectivity index (χ4v) is 2.77. The predicted octanol–water partition coefficient (Wildman–Crippen LogP) is 3.32. The van der Waals surface area contributed by atoms with Gasteiger partial charge in [-0.25, -0.2) is 5.43 Å². The van der Waals surface area contributed by atoms with Crippen molar-refractivity contribution in [2.45, 2.75) is 20.4 Å². The molecule has 27 heavy (non-hydrogen) atoms. The first-order valence-corrected chi connectivity index (χ1v) is 8.62. The molecule has 0 bridgehead atoms. The van der Waals surface area contributed by atoms with Crippen molar-refractivity contribution in [3.63, 3.8) is 0 Å². The number of carbonyl (C=O) groups excluding carboxylic acids is 1. The molecule has 138 valence electrons. The third-order valence-electron chi connectivity index (χ3n) is 4.10. The first-order valence-electron chi connectivity index (χ1n) is 8.62. The highest BCUT2D eigenvalue weighted by Crippen LogP contribution is 2.11. The summed E-state index contributed by atoms with van der Waals surface area (Å²) in [5, 5.41) is 8.49. The minimum atomic E-state index is -0.260. The van der Waals surface area contributed by atoms with Gasteiger partial charge in [0.15, 0.2) is 0 Å². The van der Waals surface area contributed by atoms with Gasteiger partial charge >= 0.3 is 0 Å². The number of hydrogen-bond acceptors (Lipinski definition) is 4. The maximum Gasteiger partial charge on any atom is 0.271 e. The Morgan fingerprint density at radius 2 is 2.00 bits per heavy atom. The van der Waals surface area contributed by atoms with Crippen LogP contribution < -0.4 is 10.2 Å². The fourth-order valence-electron chi connectivity index (χ4n) is 2.77. The lowest BCUT2D eigenvalue weighted by molar-refractivity contribution is 0.0955. The second-order valence-electron chi connectivity index (χ2n) is 6.26. The van der Waals surface area contributed by atoms with Crippen molar-refractivity contribution in [1.29, 1.82) is 0 Å². The number of carbonyl (C=O) groups is 1. The summed E-state index contributed by atoms with van der Waals surface area (Å²) < 4.78 is 7.09. The number of methoxy groups -OCH3 is 1. The molecule has 1 heterocycles. The van der Waals surface area contributed by atoms with Gasteiger partial charge in [0, 0.05) is 11.3 Å². The zero-order valence-electron chi connectivity index (χ0n) is 15.6. The summed E-state index contributed by atoms with van der Waals surface area (Å²) in [6.07, 6.45) is 1.58. The zero-order valence-corrected chi connectivity index (χ0v) is 15.6. The van der Waals surface area contributed by atoms with Gasteiger partial charge in [0.2, 0.25) is 0 Å². The molecule has 3 aromatic rings. The van der Waals surface area contributed by atoms with Gasteiger partial charge in [-0.3, -0.25) is 9.48 Å². The van der Waals surface area contributed by atoms with Crippen LogP contribution in [0.25, 0.3) is 0 Å². The van der Waals surface area contributed by atoms with E-state index in [2.05, 4.69) is 15.6 Å². The van der Waals surface area contributed by atoms with E-state index < -0.39 is 0 Å². The molecule has 0 saturated heterocycles. The number of nitrogens with zero attached hydrogens (tertiary/aromatic N) is 3. The van der Waals surface area contributed by atoms with E-state index in [1.165, 1.54) is 0 Å². The molecule has 0 saturated carbocycles. The lowest BCUT2D eigenvalue weighted by atomic mass is 10.1. The van der Waals surface area contributed by atoms with E-state index >= 15 is 0 Å². The van der Waals surface area contributed by atoms with Crippen LogP contribution in [0.15, 0.2) is 59.7 Å². The third kappa shape index (κ3) is 4.82. The number of benzene rings is 2. The smallest absolute Gasteiger partial charge is 0.271 e. The van der Waals surface area contributed by atoms with Crippen LogP contribution in [-0.4, -0.2) is 29.0 Å². The maximum absolute atomic E-state index is 12.4. The Labute approximate surface area is 158 Å². The van der Waals surface area contributed by atoms with Gasteiger partial charge in [-0.2, -0.15) is 10.2 Å². The van der Waals surface area contributed by atoms with Crippen LogP contribution >= 0.6 is 0 Å². The molecule has 3 rings (SSSR count). The Bertz CT molecular complexity index is 976. The second-order valence-corrected chi connectivity index (χ2v) is 6.26. The first kappa shape index (κ1) is 18.4. The molecular formula is C21H22N4O2. The predicted molar refractivity (Wildman–Crippen MR) is 105 cm³/mol. The topological polar surface area (TPSA) is 68.5 Å². The highest BCUT2D eigenvalue weighted by molar-refractivity contribution is 5.95. The molecule has 0 aliphatic rings. The van der Waals surface area contributed by atoms with E-state index in [-0.39, 0.29) is 5.91 Å². The van der Waals surface area contributed by atoms with Crippen LogP contribution in [0.2, 0.25) is 0 Å². The van der Waals surface area contributed by atoms with Gasteiger partial charge in [-0.05, 0) is 55.3 Å². The minimum absolute atomic E-state index is 0.260. The Morgan fingerprint density at radius 1 is 1.19 bits per heavy atom. The van der Waals surface area contributed by atoms with Crippen molar-refractivity contribution in [3.05, 3.63) is 82.7 Å². The number of hydrazone groups is 1. The van der Waals surface area contributed by atoms with E-state index in [1.807, 2.05) is 67.1 Å². The van der Waals surface area contributed by atoms with Gasteiger partial charge in [-0.15, -0.1) is 0 Å². The van der Waals surface area contributed by atoms with Crippen LogP contribution in [0.3, 0.4) is 0 Å². The summed E-state index contributed by atoms with van der Waals surface area (Å²) >= 11 is 0. The summed E-state index contributed by atoms with van der Waals surface area (Å²) in [7, 11) is 1.61. The first-order chi connectivity index (χ1) is 13.0. The lowest BCUT2D eigenvalue weighted by Gasteiger charge is -2.07. The molecule has 0 radical (unpaired) electrons. The number of rotatable bonds is 6. The van der Waals surface area contributed by atoms with Crippen LogP contribution in [0.4, 0.5) is 0 Å². The largest absolute Gasteiger partial charge is 0.497 e. The molecule has 6 nitrogen and oxygen atoms in total. The monoisotopic (exact) mass is 362 g/mol. The zero-order chi connectivity index (χ0) is 19.2. The Hall–Kier alpha value is -3.41. The van der Waals surface area contributed by atoms with E-state index in [9.17, 15) is 4.79 Å². The molecular weight excluding hydrogens is 340 g/mol. The Kier molecular flexibility index (Phi) is 5.66. The molecule has 0 aliphatic heterocycles. The highest BCUT2D eigenvalue weighted by Gasteiger charge is 2.07. The lowest BCUT2D eigenvalue weighted by Crippen LogP contribution is -2.18. The number of ether oxygens (including phenoxy) is 1. The average molecular weight is 362 g/mol. The third-order valence-corrected chi connectivity index (χ3v) is 4.10. The summed E-state index contributed by atoms with van der Waals surface area (Å²) in [5.41, 5.74) is 7.03. The molecule has 0 atom stereocenters. The van der Waals surface area contributed by atoms with Crippen molar-refractivity contribution in [3.8, 4) is 5.75 Å². The Balaban J connectivity index is 1.66. The summed E-state index contributed by atoms with van der Waals surface area (Å²) in [6, 6.07) is 16.9. The van der Waals surface area contributed by atoms with Crippen LogP contribution in [-0.2, 0) is 6.54 Å². The SMILES string of the molecule is COc1cccc(/C=N\NC(=O)c2cccc(Cn3nc(C)cc3C)c2)c1. The molecule has 0 aliphatic carbocycles. The molecule has 6 heteroatoms. The fraction of sp³-hybridized carbons (Fsp3) is 0.190. The average Bonchev–Trinajstić information content (AvgIpc) is 2.99. The quantitative estimate of drug-likeness (QED) is 0.540. The summed E-state index contributed by atoms with van der Waals surface area (Å²) in [4.78, 5) is 12.4. The summed E-state index contributed by atoms with van der Waals surface area (Å²) in [6.45, 7) is 4.60. The van der Waals surface area contributed by atoms with E-state index in [4.69, 9.17) is 4.74 Å². The molecule has 1 amide bonds. The summed E-state index contributed by atoms with van der Waals surface area (Å²) in [5.74, 6) is 0.478. The second kappa shape index (κ2) is 8.31. The van der Waals surface area contributed by atoms with Gasteiger partial charge in [0.1, 0.15) is 5.75 Å². The van der Waals surface area contributed by atoms with E-state index in [0.717, 1.165) is 28.3 Å². The molecule has 0 fully saturated rings. The van der Waals surface area contributed by atoms with Crippen LogP contribution in [0, 0.1) is 13.8 Å². The van der Waals surface area contributed by atoms with E-state index in [1.54, 1.807) is 19.4 Å². The normalized spacial score (nSPS) is 10.9. The number of amides is 1. The molecule has 1 aromatic heterocycles. The number of nitrogens with one attached hydrogen (secondary N) is 1. The van der Waals surface area contributed by atoms with Gasteiger partial charge in [0.25, 0.3) is 5.91 Å². The molecule has 1 N–H and O–H groups in total. The molecule has 0 spiro atoms. The van der Waals surface area contributed by atoms with Crippen LogP contribution in [0.5, 0.6) is 5.75 Å². The van der Waals surface area contributed by atoms with Crippen molar-refractivity contribution in [2.24, 2.45) is 5.10 Å².